The zero-order valence-electron chi connectivity index (χ0n) is 12.3. The van der Waals surface area contributed by atoms with E-state index < -0.39 is 0 Å². The molecule has 3 rings (SSSR count). The molecule has 0 amide bonds. The molecule has 0 aliphatic heterocycles. The van der Waals surface area contributed by atoms with Crippen molar-refractivity contribution in [3.63, 3.8) is 0 Å². The maximum Gasteiger partial charge on any atom is 0.121 e. The lowest BCUT2D eigenvalue weighted by molar-refractivity contribution is 0.479. The highest BCUT2D eigenvalue weighted by Crippen LogP contribution is 2.21. The third kappa shape index (κ3) is 3.14. The van der Waals surface area contributed by atoms with Crippen molar-refractivity contribution in [1.29, 1.82) is 0 Å². The molecular weight excluding hydrogens is 260 g/mol. The molecule has 0 radical (unpaired) electrons. The summed E-state index contributed by atoms with van der Waals surface area (Å²) in [4.78, 5) is 4.42. The van der Waals surface area contributed by atoms with Crippen LogP contribution < -0.4 is 5.32 Å². The zero-order chi connectivity index (χ0) is 14.5. The first-order valence-corrected chi connectivity index (χ1v) is 7.47. The lowest BCUT2D eigenvalue weighted by atomic mass is 10.0. The molecule has 2 aromatic heterocycles. The largest absolute Gasteiger partial charge is 0.468 e. The van der Waals surface area contributed by atoms with Gasteiger partial charge in [-0.3, -0.25) is 4.98 Å². The van der Waals surface area contributed by atoms with Crippen molar-refractivity contribution in [2.75, 3.05) is 6.54 Å². The van der Waals surface area contributed by atoms with E-state index in [0.29, 0.717) is 0 Å². The van der Waals surface area contributed by atoms with Crippen LogP contribution in [0.2, 0.25) is 0 Å². The van der Waals surface area contributed by atoms with E-state index in [1.54, 1.807) is 6.26 Å². The minimum atomic E-state index is 0.791. The Balaban J connectivity index is 1.84. The van der Waals surface area contributed by atoms with Gasteiger partial charge in [-0.25, -0.2) is 0 Å². The Kier molecular flexibility index (Phi) is 4.31. The van der Waals surface area contributed by atoms with E-state index in [2.05, 4.69) is 47.6 Å². The van der Waals surface area contributed by atoms with Crippen LogP contribution in [0.5, 0.6) is 0 Å². The van der Waals surface area contributed by atoms with Crippen LogP contribution in [0.3, 0.4) is 0 Å². The Bertz CT molecular complexity index is 713. The lowest BCUT2D eigenvalue weighted by Crippen LogP contribution is -2.14. The first kappa shape index (κ1) is 13.8. The summed E-state index contributed by atoms with van der Waals surface area (Å²) in [5, 5.41) is 4.61. The second kappa shape index (κ2) is 6.55. The van der Waals surface area contributed by atoms with Crippen molar-refractivity contribution in [2.24, 2.45) is 0 Å². The fourth-order valence-electron chi connectivity index (χ4n) is 2.57. The average Bonchev–Trinajstić information content (AvgIpc) is 2.95. The number of rotatable bonds is 6. The van der Waals surface area contributed by atoms with Crippen LogP contribution in [0.25, 0.3) is 10.9 Å². The molecule has 0 aliphatic rings. The third-order valence-electron chi connectivity index (χ3n) is 3.67. The van der Waals surface area contributed by atoms with Gasteiger partial charge in [-0.05, 0) is 42.3 Å². The molecule has 1 N–H and O–H groups in total. The highest BCUT2D eigenvalue weighted by Gasteiger charge is 2.09. The molecule has 3 nitrogen and oxygen atoms in total. The minimum absolute atomic E-state index is 0.791. The summed E-state index contributed by atoms with van der Waals surface area (Å²) in [7, 11) is 0. The van der Waals surface area contributed by atoms with E-state index in [-0.39, 0.29) is 0 Å². The van der Waals surface area contributed by atoms with Gasteiger partial charge in [0.05, 0.1) is 18.3 Å². The number of nitrogens with one attached hydrogen (secondary N) is 1. The molecule has 0 spiro atoms. The Morgan fingerprint density at radius 1 is 1.10 bits per heavy atom. The Hall–Kier alpha value is -2.13. The number of para-hydroxylation sites is 1. The van der Waals surface area contributed by atoms with E-state index in [0.717, 1.165) is 37.2 Å². The van der Waals surface area contributed by atoms with Gasteiger partial charge in [-0.1, -0.05) is 25.1 Å². The van der Waals surface area contributed by atoms with Crippen molar-refractivity contribution >= 4 is 10.9 Å². The van der Waals surface area contributed by atoms with Gasteiger partial charge < -0.3 is 9.73 Å². The number of benzene rings is 1. The maximum atomic E-state index is 5.62. The molecule has 2 heterocycles. The highest BCUT2D eigenvalue weighted by molar-refractivity contribution is 5.82. The zero-order valence-corrected chi connectivity index (χ0v) is 12.3. The third-order valence-corrected chi connectivity index (χ3v) is 3.67. The van der Waals surface area contributed by atoms with E-state index in [9.17, 15) is 0 Å². The van der Waals surface area contributed by atoms with Crippen LogP contribution in [0, 0.1) is 0 Å². The number of furan rings is 1. The molecule has 0 fully saturated rings. The summed E-state index contributed by atoms with van der Waals surface area (Å²) in [5.74, 6) is 1.03. The fraction of sp³-hybridized carbons (Fsp3) is 0.278. The van der Waals surface area contributed by atoms with Crippen LogP contribution in [-0.2, 0) is 13.0 Å². The molecule has 0 bridgehead atoms. The van der Waals surface area contributed by atoms with E-state index in [1.807, 2.05) is 12.3 Å². The van der Waals surface area contributed by atoms with Gasteiger partial charge in [0.1, 0.15) is 5.76 Å². The molecule has 0 aliphatic carbocycles. The lowest BCUT2D eigenvalue weighted by Gasteiger charge is -2.07. The summed E-state index contributed by atoms with van der Waals surface area (Å²) in [6.07, 6.45) is 5.67. The van der Waals surface area contributed by atoms with Crippen LogP contribution in [0.1, 0.15) is 30.2 Å². The van der Waals surface area contributed by atoms with Crippen LogP contribution in [-0.4, -0.2) is 11.5 Å². The quantitative estimate of drug-likeness (QED) is 0.695. The second-order valence-corrected chi connectivity index (χ2v) is 5.21. The Morgan fingerprint density at radius 3 is 2.90 bits per heavy atom. The molecule has 21 heavy (non-hydrogen) atoms. The molecule has 0 saturated heterocycles. The van der Waals surface area contributed by atoms with Crippen LogP contribution in [0.4, 0.5) is 0 Å². The normalized spacial score (nSPS) is 11.1. The molecular formula is C18H20N2O. The number of pyridine rings is 1. The summed E-state index contributed by atoms with van der Waals surface area (Å²) in [5.41, 5.74) is 3.58. The summed E-state index contributed by atoms with van der Waals surface area (Å²) < 4.78 is 5.62. The fourth-order valence-corrected chi connectivity index (χ4v) is 2.57. The molecule has 1 aromatic carbocycles. The minimum Gasteiger partial charge on any atom is -0.468 e. The number of hydrogen-bond donors (Lipinski definition) is 1. The van der Waals surface area contributed by atoms with Crippen molar-refractivity contribution in [1.82, 2.24) is 10.3 Å². The first-order valence-electron chi connectivity index (χ1n) is 7.47. The van der Waals surface area contributed by atoms with Crippen LogP contribution in [0.15, 0.2) is 53.3 Å². The standard InChI is InChI=1S/C18H20N2O/c1-2-9-19-13-18-15(8-11-21-18)12-14-7-10-20-17-6-4-3-5-16(14)17/h3-8,10-11,19H,2,9,12-13H2,1H3. The molecule has 0 unspecified atom stereocenters. The summed E-state index contributed by atoms with van der Waals surface area (Å²) >= 11 is 0. The SMILES string of the molecule is CCCNCc1occc1Cc1ccnc2ccccc12. The van der Waals surface area contributed by atoms with Crippen molar-refractivity contribution in [3.05, 3.63) is 65.7 Å². The Morgan fingerprint density at radius 2 is 2.00 bits per heavy atom. The summed E-state index contributed by atoms with van der Waals surface area (Å²) in [6.45, 7) is 3.97. The predicted molar refractivity (Wildman–Crippen MR) is 85.3 cm³/mol. The number of nitrogens with zero attached hydrogens (tertiary/aromatic N) is 1. The molecule has 3 heteroatoms. The second-order valence-electron chi connectivity index (χ2n) is 5.21. The monoisotopic (exact) mass is 280 g/mol. The maximum absolute atomic E-state index is 5.62. The van der Waals surface area contributed by atoms with Crippen LogP contribution >= 0.6 is 0 Å². The smallest absolute Gasteiger partial charge is 0.121 e. The number of aromatic nitrogens is 1. The molecule has 0 atom stereocenters. The van der Waals surface area contributed by atoms with Gasteiger partial charge in [-0.2, -0.15) is 0 Å². The van der Waals surface area contributed by atoms with Crippen molar-refractivity contribution < 1.29 is 4.42 Å². The predicted octanol–water partition coefficient (Wildman–Crippen LogP) is 3.92. The van der Waals surface area contributed by atoms with Gasteiger partial charge >= 0.3 is 0 Å². The Labute approximate surface area is 125 Å². The van der Waals surface area contributed by atoms with E-state index >= 15 is 0 Å². The van der Waals surface area contributed by atoms with Crippen molar-refractivity contribution in [3.8, 4) is 0 Å². The van der Waals surface area contributed by atoms with Gasteiger partial charge in [0.2, 0.25) is 0 Å². The van der Waals surface area contributed by atoms with Crippen molar-refractivity contribution in [2.45, 2.75) is 26.3 Å². The topological polar surface area (TPSA) is 38.1 Å². The number of fused-ring (bicyclic) bond motifs is 1. The van der Waals surface area contributed by atoms with Gasteiger partial charge in [0.25, 0.3) is 0 Å². The van der Waals surface area contributed by atoms with E-state index in [4.69, 9.17) is 4.42 Å². The van der Waals surface area contributed by atoms with Gasteiger partial charge in [0, 0.05) is 18.0 Å². The first-order chi connectivity index (χ1) is 10.4. The summed E-state index contributed by atoms with van der Waals surface area (Å²) in [6, 6.07) is 12.4. The molecule has 108 valence electrons. The van der Waals surface area contributed by atoms with Gasteiger partial charge in [0.15, 0.2) is 0 Å². The number of hydrogen-bond acceptors (Lipinski definition) is 3. The average molecular weight is 280 g/mol. The highest BCUT2D eigenvalue weighted by atomic mass is 16.3. The van der Waals surface area contributed by atoms with E-state index in [1.165, 1.54) is 16.5 Å². The van der Waals surface area contributed by atoms with Gasteiger partial charge in [-0.15, -0.1) is 0 Å². The molecule has 3 aromatic rings. The molecule has 0 saturated carbocycles.